The van der Waals surface area contributed by atoms with E-state index in [0.29, 0.717) is 0 Å². The Morgan fingerprint density at radius 3 is 2.56 bits per heavy atom. The summed E-state index contributed by atoms with van der Waals surface area (Å²) in [5.74, 6) is -2.36. The molecule has 0 radical (unpaired) electrons. The van der Waals surface area contributed by atoms with Crippen LogP contribution in [0.3, 0.4) is 0 Å². The van der Waals surface area contributed by atoms with E-state index in [-0.39, 0.29) is 13.0 Å². The van der Waals surface area contributed by atoms with Crippen LogP contribution in [0.5, 0.6) is 0 Å². The van der Waals surface area contributed by atoms with Crippen LogP contribution in [0.4, 0.5) is 13.6 Å². The van der Waals surface area contributed by atoms with E-state index in [1.165, 1.54) is 6.08 Å². The Labute approximate surface area is 144 Å². The Morgan fingerprint density at radius 2 is 1.88 bits per heavy atom. The third kappa shape index (κ3) is 5.24. The fraction of sp³-hybridized carbons (Fsp3) is 0.158. The van der Waals surface area contributed by atoms with E-state index in [1.54, 1.807) is 24.3 Å². The SMILES string of the molecule is C=CCC(NC(=O)OCc1ccccc1)C(=O)c1cc(F)ccc1F. The van der Waals surface area contributed by atoms with E-state index in [2.05, 4.69) is 11.9 Å². The van der Waals surface area contributed by atoms with Crippen molar-refractivity contribution in [3.63, 3.8) is 0 Å². The standard InChI is InChI=1S/C19H17F2NO3/c1-2-6-17(18(23)15-11-14(20)9-10-16(15)21)22-19(24)25-12-13-7-4-3-5-8-13/h2-5,7-11,17H,1,6,12H2,(H,22,24). The number of carbonyl (C=O) groups excluding carboxylic acids is 2. The number of amides is 1. The lowest BCUT2D eigenvalue weighted by atomic mass is 10.0. The van der Waals surface area contributed by atoms with Gasteiger partial charge in [-0.15, -0.1) is 6.58 Å². The maximum absolute atomic E-state index is 13.8. The summed E-state index contributed by atoms with van der Waals surface area (Å²) in [7, 11) is 0. The largest absolute Gasteiger partial charge is 0.445 e. The number of ketones is 1. The molecule has 1 N–H and O–H groups in total. The van der Waals surface area contributed by atoms with Gasteiger partial charge in [-0.3, -0.25) is 4.79 Å². The molecule has 0 aliphatic heterocycles. The molecule has 0 aromatic heterocycles. The number of ether oxygens (including phenoxy) is 1. The van der Waals surface area contributed by atoms with Crippen molar-refractivity contribution in [3.05, 3.63) is 83.9 Å². The molecule has 2 aromatic rings. The van der Waals surface area contributed by atoms with Crippen molar-refractivity contribution in [2.75, 3.05) is 0 Å². The Kier molecular flexibility index (Phi) is 6.39. The van der Waals surface area contributed by atoms with Gasteiger partial charge in [-0.25, -0.2) is 13.6 Å². The van der Waals surface area contributed by atoms with Crippen molar-refractivity contribution in [2.24, 2.45) is 0 Å². The minimum absolute atomic E-state index is 0.0238. The van der Waals surface area contributed by atoms with E-state index in [0.717, 1.165) is 23.8 Å². The van der Waals surface area contributed by atoms with Crippen molar-refractivity contribution in [3.8, 4) is 0 Å². The van der Waals surface area contributed by atoms with Gasteiger partial charge in [0.2, 0.25) is 0 Å². The number of benzene rings is 2. The Bertz CT molecular complexity index is 763. The van der Waals surface area contributed by atoms with Crippen molar-refractivity contribution in [1.29, 1.82) is 0 Å². The van der Waals surface area contributed by atoms with E-state index >= 15 is 0 Å². The Morgan fingerprint density at radius 1 is 1.16 bits per heavy atom. The Hall–Kier alpha value is -3.02. The molecule has 130 valence electrons. The van der Waals surface area contributed by atoms with Crippen molar-refractivity contribution < 1.29 is 23.1 Å². The predicted molar refractivity (Wildman–Crippen MR) is 89.1 cm³/mol. The summed E-state index contributed by atoms with van der Waals surface area (Å²) in [5, 5.41) is 2.36. The van der Waals surface area contributed by atoms with Gasteiger partial charge in [-0.05, 0) is 30.2 Å². The average molecular weight is 345 g/mol. The van der Waals surface area contributed by atoms with Crippen LogP contribution in [-0.4, -0.2) is 17.9 Å². The van der Waals surface area contributed by atoms with Crippen LogP contribution in [-0.2, 0) is 11.3 Å². The maximum atomic E-state index is 13.8. The van der Waals surface area contributed by atoms with Crippen molar-refractivity contribution >= 4 is 11.9 Å². The first-order valence-corrected chi connectivity index (χ1v) is 7.58. The molecule has 0 aliphatic carbocycles. The molecule has 0 aliphatic rings. The van der Waals surface area contributed by atoms with E-state index in [1.807, 2.05) is 6.07 Å². The first-order valence-electron chi connectivity index (χ1n) is 7.58. The highest BCUT2D eigenvalue weighted by atomic mass is 19.1. The van der Waals surface area contributed by atoms with Gasteiger partial charge >= 0.3 is 6.09 Å². The molecule has 0 bridgehead atoms. The van der Waals surface area contributed by atoms with Gasteiger partial charge in [-0.1, -0.05) is 36.4 Å². The van der Waals surface area contributed by atoms with E-state index in [9.17, 15) is 18.4 Å². The predicted octanol–water partition coefficient (Wildman–Crippen LogP) is 4.02. The molecule has 0 spiro atoms. The maximum Gasteiger partial charge on any atom is 0.408 e. The first kappa shape index (κ1) is 18.3. The lowest BCUT2D eigenvalue weighted by molar-refractivity contribution is 0.0913. The fourth-order valence-electron chi connectivity index (χ4n) is 2.18. The molecular formula is C19H17F2NO3. The summed E-state index contributed by atoms with van der Waals surface area (Å²) < 4.78 is 32.1. The number of carbonyl (C=O) groups is 2. The van der Waals surface area contributed by atoms with E-state index in [4.69, 9.17) is 4.74 Å². The molecule has 2 rings (SSSR count). The minimum Gasteiger partial charge on any atom is -0.445 e. The molecule has 0 saturated heterocycles. The summed E-state index contributed by atoms with van der Waals surface area (Å²) in [6.07, 6.45) is 0.618. The normalized spacial score (nSPS) is 11.4. The zero-order valence-electron chi connectivity index (χ0n) is 13.4. The molecule has 1 atom stereocenters. The number of hydrogen-bond donors (Lipinski definition) is 1. The second kappa shape index (κ2) is 8.73. The molecule has 0 fully saturated rings. The summed E-state index contributed by atoms with van der Waals surface area (Å²) in [5.41, 5.74) is 0.343. The van der Waals surface area contributed by atoms with Crippen LogP contribution < -0.4 is 5.32 Å². The summed E-state index contributed by atoms with van der Waals surface area (Å²) >= 11 is 0. The van der Waals surface area contributed by atoms with Gasteiger partial charge in [0.1, 0.15) is 18.2 Å². The number of halogens is 2. The lowest BCUT2D eigenvalue weighted by Crippen LogP contribution is -2.41. The van der Waals surface area contributed by atoms with Gasteiger partial charge in [-0.2, -0.15) is 0 Å². The molecule has 1 amide bonds. The highest BCUT2D eigenvalue weighted by Crippen LogP contribution is 2.14. The summed E-state index contributed by atoms with van der Waals surface area (Å²) in [6, 6.07) is 10.5. The zero-order valence-corrected chi connectivity index (χ0v) is 13.4. The highest BCUT2D eigenvalue weighted by molar-refractivity contribution is 6.01. The molecule has 25 heavy (non-hydrogen) atoms. The van der Waals surface area contributed by atoms with Gasteiger partial charge in [0.25, 0.3) is 0 Å². The summed E-state index contributed by atoms with van der Waals surface area (Å²) in [4.78, 5) is 24.3. The van der Waals surface area contributed by atoms with Crippen LogP contribution in [0.1, 0.15) is 22.3 Å². The topological polar surface area (TPSA) is 55.4 Å². The fourth-order valence-corrected chi connectivity index (χ4v) is 2.18. The molecule has 0 saturated carbocycles. The van der Waals surface area contributed by atoms with Crippen LogP contribution in [0.25, 0.3) is 0 Å². The third-order valence-electron chi connectivity index (χ3n) is 3.42. The molecule has 0 heterocycles. The zero-order chi connectivity index (χ0) is 18.2. The average Bonchev–Trinajstić information content (AvgIpc) is 2.62. The lowest BCUT2D eigenvalue weighted by Gasteiger charge is -2.16. The second-order valence-corrected chi connectivity index (χ2v) is 5.27. The van der Waals surface area contributed by atoms with Gasteiger partial charge in [0, 0.05) is 0 Å². The number of nitrogens with one attached hydrogen (secondary N) is 1. The van der Waals surface area contributed by atoms with Crippen LogP contribution in [0.2, 0.25) is 0 Å². The highest BCUT2D eigenvalue weighted by Gasteiger charge is 2.24. The molecule has 1 unspecified atom stereocenters. The van der Waals surface area contributed by atoms with Crippen LogP contribution in [0.15, 0.2) is 61.2 Å². The molecule has 4 nitrogen and oxygen atoms in total. The smallest absolute Gasteiger partial charge is 0.408 e. The number of hydrogen-bond acceptors (Lipinski definition) is 3. The van der Waals surface area contributed by atoms with Crippen LogP contribution in [0, 0.1) is 11.6 Å². The summed E-state index contributed by atoms with van der Waals surface area (Å²) in [6.45, 7) is 3.53. The van der Waals surface area contributed by atoms with Gasteiger partial charge in [0.05, 0.1) is 11.6 Å². The second-order valence-electron chi connectivity index (χ2n) is 5.27. The Balaban J connectivity index is 2.04. The van der Waals surface area contributed by atoms with E-state index < -0.39 is 35.1 Å². The van der Waals surface area contributed by atoms with Gasteiger partial charge < -0.3 is 10.1 Å². The van der Waals surface area contributed by atoms with Crippen molar-refractivity contribution in [2.45, 2.75) is 19.1 Å². The monoisotopic (exact) mass is 345 g/mol. The number of Topliss-reactive ketones (excluding diaryl/α,β-unsaturated/α-hetero) is 1. The number of alkyl carbamates (subject to hydrolysis) is 1. The first-order chi connectivity index (χ1) is 12.0. The molecule has 6 heteroatoms. The number of rotatable bonds is 7. The van der Waals surface area contributed by atoms with Gasteiger partial charge in [0.15, 0.2) is 5.78 Å². The van der Waals surface area contributed by atoms with Crippen LogP contribution >= 0.6 is 0 Å². The molecule has 2 aromatic carbocycles. The quantitative estimate of drug-likeness (QED) is 0.609. The van der Waals surface area contributed by atoms with Crippen molar-refractivity contribution in [1.82, 2.24) is 5.32 Å². The minimum atomic E-state index is -1.10. The third-order valence-corrected chi connectivity index (χ3v) is 3.42. The molecular weight excluding hydrogens is 328 g/mol.